The van der Waals surface area contributed by atoms with Crippen LogP contribution in [0.3, 0.4) is 0 Å². The average Bonchev–Trinajstić information content (AvgIpc) is 3.90. The molecule has 59 heavy (non-hydrogen) atoms. The Morgan fingerprint density at radius 1 is 0.356 bits per heavy atom. The maximum atomic E-state index is 4.33. The molecule has 7 aromatic carbocycles. The van der Waals surface area contributed by atoms with Crippen LogP contribution in [0.1, 0.15) is 0 Å². The minimum Gasteiger partial charge on any atom is -0.316 e. The molecule has 4 aromatic heterocycles. The van der Waals surface area contributed by atoms with Gasteiger partial charge in [-0.1, -0.05) is 97.1 Å². The van der Waals surface area contributed by atoms with Crippen molar-refractivity contribution in [3.05, 3.63) is 225 Å². The van der Waals surface area contributed by atoms with Crippen LogP contribution < -0.4 is 4.90 Å². The first-order valence-electron chi connectivity index (χ1n) is 19.9. The number of rotatable bonds is 8. The predicted molar refractivity (Wildman–Crippen MR) is 244 cm³/mol. The second-order valence-electron chi connectivity index (χ2n) is 14.8. The molecule has 0 unspecified atom stereocenters. The molecule has 4 heterocycles. The predicted octanol–water partition coefficient (Wildman–Crippen LogP) is 14.0. The zero-order valence-corrected chi connectivity index (χ0v) is 32.1. The van der Waals surface area contributed by atoms with E-state index in [4.69, 9.17) is 0 Å². The summed E-state index contributed by atoms with van der Waals surface area (Å²) < 4.78 is 4.70. The van der Waals surface area contributed by atoms with Crippen LogP contribution in [0.25, 0.3) is 77.5 Å². The van der Waals surface area contributed by atoms with Gasteiger partial charge in [-0.3, -0.25) is 9.97 Å². The Labute approximate surface area is 342 Å². The van der Waals surface area contributed by atoms with Crippen molar-refractivity contribution in [3.63, 3.8) is 0 Å². The van der Waals surface area contributed by atoms with Gasteiger partial charge in [-0.25, -0.2) is 0 Å². The van der Waals surface area contributed by atoms with Gasteiger partial charge in [0.05, 0.1) is 16.6 Å². The fourth-order valence-corrected chi connectivity index (χ4v) is 8.49. The van der Waals surface area contributed by atoms with Crippen LogP contribution in [0, 0.1) is 0 Å². The van der Waals surface area contributed by atoms with Gasteiger partial charge in [0.25, 0.3) is 0 Å². The zero-order valence-electron chi connectivity index (χ0n) is 32.1. The van der Waals surface area contributed by atoms with Gasteiger partial charge in [0.2, 0.25) is 0 Å². The van der Waals surface area contributed by atoms with Crippen LogP contribution in [-0.2, 0) is 0 Å². The Hall–Kier alpha value is -8.02. The van der Waals surface area contributed by atoms with Crippen molar-refractivity contribution < 1.29 is 0 Å². The molecule has 0 aliphatic heterocycles. The van der Waals surface area contributed by atoms with Gasteiger partial charge in [-0.05, 0) is 130 Å². The van der Waals surface area contributed by atoms with Crippen LogP contribution in [0.2, 0.25) is 0 Å². The molecule has 278 valence electrons. The lowest BCUT2D eigenvalue weighted by Gasteiger charge is -2.26. The van der Waals surface area contributed by atoms with Gasteiger partial charge in [-0.2, -0.15) is 0 Å². The molecule has 0 saturated carbocycles. The third-order valence-electron chi connectivity index (χ3n) is 11.3. The molecule has 0 saturated heterocycles. The summed E-state index contributed by atoms with van der Waals surface area (Å²) >= 11 is 0. The molecule has 0 radical (unpaired) electrons. The number of aromatic nitrogens is 4. The summed E-state index contributed by atoms with van der Waals surface area (Å²) in [6, 6.07) is 69.5. The summed E-state index contributed by atoms with van der Waals surface area (Å²) in [6.07, 6.45) is 9.61. The van der Waals surface area contributed by atoms with E-state index in [2.05, 4.69) is 212 Å². The van der Waals surface area contributed by atoms with Crippen LogP contribution >= 0.6 is 0 Å². The fraction of sp³-hybridized carbons (Fsp3) is 0. The molecule has 0 bridgehead atoms. The van der Waals surface area contributed by atoms with E-state index in [0.29, 0.717) is 0 Å². The molecular formula is C54H37N5. The quantitative estimate of drug-likeness (QED) is 0.155. The second kappa shape index (κ2) is 14.5. The first-order chi connectivity index (χ1) is 29.3. The lowest BCUT2D eigenvalue weighted by atomic mass is 10.0. The molecule has 11 rings (SSSR count). The molecule has 0 fully saturated rings. The van der Waals surface area contributed by atoms with Crippen LogP contribution in [0.4, 0.5) is 17.1 Å². The smallest absolute Gasteiger partial charge is 0.0635 e. The van der Waals surface area contributed by atoms with E-state index >= 15 is 0 Å². The Bertz CT molecular complexity index is 3130. The largest absolute Gasteiger partial charge is 0.316 e. The summed E-state index contributed by atoms with van der Waals surface area (Å²) in [4.78, 5) is 11.0. The maximum absolute atomic E-state index is 4.33. The molecule has 0 aliphatic rings. The molecular weight excluding hydrogens is 719 g/mol. The lowest BCUT2D eigenvalue weighted by molar-refractivity contribution is 1.13. The minimum absolute atomic E-state index is 1.07. The fourth-order valence-electron chi connectivity index (χ4n) is 8.49. The van der Waals surface area contributed by atoms with E-state index in [0.717, 1.165) is 56.3 Å². The van der Waals surface area contributed by atoms with E-state index in [-0.39, 0.29) is 0 Å². The summed E-state index contributed by atoms with van der Waals surface area (Å²) in [5.41, 5.74) is 15.9. The highest BCUT2D eigenvalue weighted by Gasteiger charge is 2.19. The van der Waals surface area contributed by atoms with Crippen molar-refractivity contribution >= 4 is 49.8 Å². The number of nitrogens with zero attached hydrogens (tertiary/aromatic N) is 5. The van der Waals surface area contributed by atoms with Gasteiger partial charge >= 0.3 is 0 Å². The van der Waals surface area contributed by atoms with Gasteiger partial charge in [0.1, 0.15) is 0 Å². The topological polar surface area (TPSA) is 38.9 Å². The summed E-state index contributed by atoms with van der Waals surface area (Å²) in [5.74, 6) is 0. The summed E-state index contributed by atoms with van der Waals surface area (Å²) in [7, 11) is 0. The number of hydrogen-bond donors (Lipinski definition) is 0. The van der Waals surface area contributed by atoms with Crippen molar-refractivity contribution in [1.82, 2.24) is 19.1 Å². The molecule has 0 spiro atoms. The molecule has 5 nitrogen and oxygen atoms in total. The third-order valence-corrected chi connectivity index (χ3v) is 11.3. The first-order valence-corrected chi connectivity index (χ1v) is 19.9. The monoisotopic (exact) mass is 755 g/mol. The minimum atomic E-state index is 1.07. The molecule has 0 N–H and O–H groups in total. The number of hydrogen-bond acceptors (Lipinski definition) is 3. The van der Waals surface area contributed by atoms with Crippen molar-refractivity contribution in [3.8, 4) is 44.8 Å². The SMILES string of the molecule is c1ccc(-n2ccc3c2ccc2c4cc(-c5ccc(N(c6ccc(-c7cccnc7)cc6)c6ccc(-c7cccnc7)cc6)cc5)ccc4n(-c4ccccc4)c23)cc1. The molecule has 0 aliphatic carbocycles. The van der Waals surface area contributed by atoms with Gasteiger partial charge in [-0.15, -0.1) is 0 Å². The third kappa shape index (κ3) is 6.13. The van der Waals surface area contributed by atoms with Crippen LogP contribution in [0.5, 0.6) is 0 Å². The highest BCUT2D eigenvalue weighted by Crippen LogP contribution is 2.41. The standard InChI is InChI=1S/C54H37N5/c1-3-11-44(12-4-1)57-34-31-50-52(57)30-28-49-51-35-41(21-29-53(51)59(54(49)50)45-13-5-2-6-14-45)38-15-22-46(23-16-38)58(47-24-17-39(18-25-47)42-9-7-32-55-36-42)48-26-19-40(20-27-48)43-10-8-33-56-37-43/h1-37H. The van der Waals surface area contributed by atoms with E-state index in [1.54, 1.807) is 0 Å². The highest BCUT2D eigenvalue weighted by molar-refractivity contribution is 6.19. The van der Waals surface area contributed by atoms with Crippen molar-refractivity contribution in [2.45, 2.75) is 0 Å². The maximum Gasteiger partial charge on any atom is 0.0635 e. The zero-order chi connectivity index (χ0) is 39.1. The van der Waals surface area contributed by atoms with Gasteiger partial charge in [0, 0.05) is 75.6 Å². The normalized spacial score (nSPS) is 11.4. The van der Waals surface area contributed by atoms with E-state index in [1.165, 1.54) is 38.3 Å². The van der Waals surface area contributed by atoms with Crippen LogP contribution in [0.15, 0.2) is 225 Å². The summed E-state index contributed by atoms with van der Waals surface area (Å²) in [6.45, 7) is 0. The lowest BCUT2D eigenvalue weighted by Crippen LogP contribution is -2.09. The number of benzene rings is 7. The first kappa shape index (κ1) is 34.2. The Kier molecular flexibility index (Phi) is 8.41. The number of anilines is 3. The second-order valence-corrected chi connectivity index (χ2v) is 14.8. The van der Waals surface area contributed by atoms with Gasteiger partial charge < -0.3 is 14.0 Å². The van der Waals surface area contributed by atoms with Crippen molar-refractivity contribution in [2.75, 3.05) is 4.90 Å². The number of fused-ring (bicyclic) bond motifs is 5. The number of para-hydroxylation sites is 2. The van der Waals surface area contributed by atoms with Gasteiger partial charge in [0.15, 0.2) is 0 Å². The molecule has 0 atom stereocenters. The molecule has 11 aromatic rings. The van der Waals surface area contributed by atoms with E-state index in [1.807, 2.05) is 36.9 Å². The van der Waals surface area contributed by atoms with Crippen molar-refractivity contribution in [2.24, 2.45) is 0 Å². The highest BCUT2D eigenvalue weighted by atomic mass is 15.1. The van der Waals surface area contributed by atoms with E-state index in [9.17, 15) is 0 Å². The number of pyridine rings is 2. The van der Waals surface area contributed by atoms with E-state index < -0.39 is 0 Å². The Balaban J connectivity index is 1.00. The van der Waals surface area contributed by atoms with Crippen LogP contribution in [-0.4, -0.2) is 19.1 Å². The van der Waals surface area contributed by atoms with Crippen molar-refractivity contribution in [1.29, 1.82) is 0 Å². The molecule has 5 heteroatoms. The Morgan fingerprint density at radius 2 is 0.864 bits per heavy atom. The molecule has 0 amide bonds. The summed E-state index contributed by atoms with van der Waals surface area (Å²) in [5, 5.41) is 3.68. The Morgan fingerprint density at radius 3 is 1.41 bits per heavy atom. The average molecular weight is 756 g/mol.